The van der Waals surface area contributed by atoms with Crippen molar-refractivity contribution in [2.24, 2.45) is 0 Å². The predicted molar refractivity (Wildman–Crippen MR) is 38.4 cm³/mol. The molecule has 0 saturated carbocycles. The van der Waals surface area contributed by atoms with Crippen LogP contribution in [0, 0.1) is 0 Å². The Morgan fingerprint density at radius 3 is 2.25 bits per heavy atom. The van der Waals surface area contributed by atoms with Crippen LogP contribution in [-0.2, 0) is 10.8 Å². The monoisotopic (exact) mass is 151 g/mol. The highest BCUT2D eigenvalue weighted by molar-refractivity contribution is 7.85. The minimum absolute atomic E-state index is 0.551. The highest BCUT2D eigenvalue weighted by atomic mass is 32.2. The minimum Gasteiger partial charge on any atom is -0.259 e. The number of nitrogens with zero attached hydrogens (tertiary/aromatic N) is 1. The summed E-state index contributed by atoms with van der Waals surface area (Å²) in [4.78, 5) is 0. The van der Waals surface area contributed by atoms with E-state index in [0.29, 0.717) is 0 Å². The molecule has 8 heavy (non-hydrogen) atoms. The fourth-order valence-corrected chi connectivity index (χ4v) is 2.15. The van der Waals surface area contributed by atoms with Gasteiger partial charge < -0.3 is 0 Å². The molecule has 48 valence electrons. The van der Waals surface area contributed by atoms with Gasteiger partial charge in [-0.3, -0.25) is 8.51 Å². The van der Waals surface area contributed by atoms with Gasteiger partial charge in [0.2, 0.25) is 0 Å². The lowest BCUT2D eigenvalue weighted by atomic mass is 10.6. The molecule has 1 heterocycles. The summed E-state index contributed by atoms with van der Waals surface area (Å²) < 4.78 is 12.6. The van der Waals surface area contributed by atoms with Crippen LogP contribution in [-0.4, -0.2) is 33.1 Å². The van der Waals surface area contributed by atoms with Crippen molar-refractivity contribution in [1.29, 1.82) is 0 Å². The molecule has 1 rings (SSSR count). The average Bonchev–Trinajstić information content (AvgIpc) is 1.77. The first-order chi connectivity index (χ1) is 3.79. The highest BCUT2D eigenvalue weighted by Gasteiger charge is 2.10. The molecule has 1 aliphatic heterocycles. The molecule has 0 atom stereocenters. The SMILES string of the molecule is O=S1CCN(S)CC1. The fourth-order valence-electron chi connectivity index (χ4n) is 0.628. The van der Waals surface area contributed by atoms with E-state index in [1.54, 1.807) is 0 Å². The highest BCUT2D eigenvalue weighted by Crippen LogP contribution is 2.00. The number of rotatable bonds is 0. The summed E-state index contributed by atoms with van der Waals surface area (Å²) in [6.45, 7) is 1.74. The van der Waals surface area contributed by atoms with Crippen LogP contribution in [0.5, 0.6) is 0 Å². The lowest BCUT2D eigenvalue weighted by Gasteiger charge is -2.19. The second-order valence-corrected chi connectivity index (χ2v) is 4.06. The largest absolute Gasteiger partial charge is 0.259 e. The molecule has 0 aromatic heterocycles. The number of thiol groups is 1. The normalized spacial score (nSPS) is 26.1. The van der Waals surface area contributed by atoms with Gasteiger partial charge in [-0.05, 0) is 0 Å². The quantitative estimate of drug-likeness (QED) is 0.488. The van der Waals surface area contributed by atoms with Crippen molar-refractivity contribution in [3.63, 3.8) is 0 Å². The minimum atomic E-state index is -0.551. The van der Waals surface area contributed by atoms with Crippen LogP contribution in [0.15, 0.2) is 0 Å². The van der Waals surface area contributed by atoms with Gasteiger partial charge in [-0.1, -0.05) is 12.8 Å². The van der Waals surface area contributed by atoms with Crippen LogP contribution in [0.1, 0.15) is 0 Å². The van der Waals surface area contributed by atoms with E-state index < -0.39 is 10.8 Å². The van der Waals surface area contributed by atoms with E-state index in [0.717, 1.165) is 24.6 Å². The first-order valence-corrected chi connectivity index (χ1v) is 4.46. The first-order valence-electron chi connectivity index (χ1n) is 2.58. The molecule has 0 aromatic rings. The van der Waals surface area contributed by atoms with Gasteiger partial charge in [0.1, 0.15) is 0 Å². The summed E-state index contributed by atoms with van der Waals surface area (Å²) in [5.74, 6) is 1.59. The Kier molecular flexibility index (Phi) is 2.34. The maximum absolute atomic E-state index is 10.7. The Labute approximate surface area is 57.3 Å². The molecule has 0 spiro atoms. The third-order valence-corrected chi connectivity index (χ3v) is 2.83. The second kappa shape index (κ2) is 2.85. The van der Waals surface area contributed by atoms with E-state index in [2.05, 4.69) is 12.8 Å². The van der Waals surface area contributed by atoms with Crippen LogP contribution >= 0.6 is 12.8 Å². The van der Waals surface area contributed by atoms with E-state index in [1.165, 1.54) is 0 Å². The topological polar surface area (TPSA) is 20.3 Å². The molecule has 2 nitrogen and oxygen atoms in total. The Morgan fingerprint density at radius 2 is 1.88 bits per heavy atom. The third kappa shape index (κ3) is 1.76. The van der Waals surface area contributed by atoms with Crippen LogP contribution in [0.4, 0.5) is 0 Å². The average molecular weight is 151 g/mol. The van der Waals surface area contributed by atoms with Crippen LogP contribution in [0.2, 0.25) is 0 Å². The summed E-state index contributed by atoms with van der Waals surface area (Å²) >= 11 is 4.10. The van der Waals surface area contributed by atoms with Crippen molar-refractivity contribution in [1.82, 2.24) is 4.31 Å². The number of hydrogen-bond acceptors (Lipinski definition) is 3. The summed E-state index contributed by atoms with van der Waals surface area (Å²) in [5.41, 5.74) is 0. The van der Waals surface area contributed by atoms with E-state index in [1.807, 2.05) is 4.31 Å². The van der Waals surface area contributed by atoms with Gasteiger partial charge in [0.05, 0.1) is 0 Å². The molecule has 0 N–H and O–H groups in total. The third-order valence-electron chi connectivity index (χ3n) is 1.15. The van der Waals surface area contributed by atoms with Gasteiger partial charge in [0.25, 0.3) is 0 Å². The zero-order valence-electron chi connectivity index (χ0n) is 4.54. The molecule has 1 saturated heterocycles. The van der Waals surface area contributed by atoms with Crippen molar-refractivity contribution in [2.75, 3.05) is 24.6 Å². The van der Waals surface area contributed by atoms with Crippen LogP contribution in [0.25, 0.3) is 0 Å². The molecule has 4 heteroatoms. The molecular weight excluding hydrogens is 142 g/mol. The van der Waals surface area contributed by atoms with Gasteiger partial charge in [0.15, 0.2) is 0 Å². The van der Waals surface area contributed by atoms with Crippen molar-refractivity contribution >= 4 is 23.6 Å². The molecule has 0 radical (unpaired) electrons. The Hall–Kier alpha value is 0.460. The van der Waals surface area contributed by atoms with Crippen LogP contribution in [0.3, 0.4) is 0 Å². The molecule has 0 aromatic carbocycles. The van der Waals surface area contributed by atoms with Crippen molar-refractivity contribution in [2.45, 2.75) is 0 Å². The summed E-state index contributed by atoms with van der Waals surface area (Å²) in [7, 11) is -0.551. The van der Waals surface area contributed by atoms with Gasteiger partial charge in [-0.2, -0.15) is 0 Å². The Bertz CT molecular complexity index is 96.2. The molecule has 0 amide bonds. The van der Waals surface area contributed by atoms with E-state index >= 15 is 0 Å². The Morgan fingerprint density at radius 1 is 1.38 bits per heavy atom. The zero-order chi connectivity index (χ0) is 5.98. The fraction of sp³-hybridized carbons (Fsp3) is 1.00. The summed E-state index contributed by atoms with van der Waals surface area (Å²) in [6.07, 6.45) is 0. The standard InChI is InChI=1S/C4H9NOS2/c6-8-3-1-5(7)2-4-8/h7H,1-4H2. The first kappa shape index (κ1) is 6.58. The van der Waals surface area contributed by atoms with Crippen molar-refractivity contribution in [3.05, 3.63) is 0 Å². The van der Waals surface area contributed by atoms with Crippen molar-refractivity contribution < 1.29 is 4.21 Å². The molecule has 0 aliphatic carbocycles. The van der Waals surface area contributed by atoms with Gasteiger partial charge >= 0.3 is 0 Å². The molecule has 1 fully saturated rings. The van der Waals surface area contributed by atoms with E-state index in [-0.39, 0.29) is 0 Å². The molecule has 0 bridgehead atoms. The lowest BCUT2D eigenvalue weighted by Crippen LogP contribution is -2.30. The predicted octanol–water partition coefficient (Wildman–Crippen LogP) is -0.104. The Balaban J connectivity index is 2.29. The maximum atomic E-state index is 10.7. The smallest absolute Gasteiger partial charge is 0.0372 e. The second-order valence-electron chi connectivity index (χ2n) is 1.80. The van der Waals surface area contributed by atoms with E-state index in [4.69, 9.17) is 0 Å². The summed E-state index contributed by atoms with van der Waals surface area (Å²) in [6, 6.07) is 0. The molecular formula is C4H9NOS2. The molecule has 0 unspecified atom stereocenters. The van der Waals surface area contributed by atoms with Gasteiger partial charge in [-0.15, -0.1) is 0 Å². The van der Waals surface area contributed by atoms with E-state index in [9.17, 15) is 4.21 Å². The molecule has 1 aliphatic rings. The van der Waals surface area contributed by atoms with Crippen LogP contribution < -0.4 is 0 Å². The lowest BCUT2D eigenvalue weighted by molar-refractivity contribution is 0.516. The summed E-state index contributed by atoms with van der Waals surface area (Å²) in [5, 5.41) is 0. The van der Waals surface area contributed by atoms with Gasteiger partial charge in [-0.25, -0.2) is 0 Å². The number of hydrogen-bond donors (Lipinski definition) is 1. The zero-order valence-corrected chi connectivity index (χ0v) is 6.25. The van der Waals surface area contributed by atoms with Gasteiger partial charge in [0, 0.05) is 35.4 Å². The maximum Gasteiger partial charge on any atom is 0.0372 e. The van der Waals surface area contributed by atoms with Crippen molar-refractivity contribution in [3.8, 4) is 0 Å².